The molecule has 0 amide bonds. The van der Waals surface area contributed by atoms with Crippen molar-refractivity contribution in [1.29, 1.82) is 0 Å². The average molecular weight is 439 g/mol. The van der Waals surface area contributed by atoms with Crippen molar-refractivity contribution in [2.75, 3.05) is 0 Å². The van der Waals surface area contributed by atoms with Crippen LogP contribution >= 0.6 is 15.9 Å². The highest BCUT2D eigenvalue weighted by atomic mass is 79.9. The molecule has 2 heteroatoms. The second kappa shape index (κ2) is 8.02. The summed E-state index contributed by atoms with van der Waals surface area (Å²) in [5.74, 6) is 2.74. The molecule has 4 aromatic rings. The fourth-order valence-corrected chi connectivity index (χ4v) is 8.88. The van der Waals surface area contributed by atoms with Gasteiger partial charge in [0.25, 0.3) is 0 Å². The topological polar surface area (TPSA) is 0 Å². The van der Waals surface area contributed by atoms with Crippen molar-refractivity contribution in [3.05, 3.63) is 119 Å². The van der Waals surface area contributed by atoms with Crippen molar-refractivity contribution in [2.45, 2.75) is 0 Å². The Balaban J connectivity index is 2.10. The number of benzene rings is 4. The van der Waals surface area contributed by atoms with Gasteiger partial charge in [-0.25, -0.2) is 0 Å². The van der Waals surface area contributed by atoms with E-state index in [-0.39, 0.29) is 0 Å². The van der Waals surface area contributed by atoms with Gasteiger partial charge in [-0.15, -0.1) is 6.42 Å². The lowest BCUT2D eigenvalue weighted by molar-refractivity contribution is 1.63. The zero-order valence-corrected chi connectivity index (χ0v) is 17.9. The summed E-state index contributed by atoms with van der Waals surface area (Å²) in [6, 6.07) is 39.1. The third-order valence-electron chi connectivity index (χ3n) is 5.18. The minimum Gasteiger partial charge on any atom is -0.115 e. The van der Waals surface area contributed by atoms with Gasteiger partial charge in [-0.2, -0.15) is 0 Å². The zero-order valence-electron chi connectivity index (χ0n) is 15.3. The van der Waals surface area contributed by atoms with E-state index in [1.54, 1.807) is 0 Å². The highest BCUT2D eigenvalue weighted by Gasteiger charge is 2.41. The molecule has 0 N–H and O–H groups in total. The largest absolute Gasteiger partial charge is 0.179 e. The van der Waals surface area contributed by atoms with Gasteiger partial charge < -0.3 is 0 Å². The molecule has 0 aliphatic rings. The Morgan fingerprint density at radius 3 is 1.36 bits per heavy atom. The standard InChI is InChI=1S/C26H19BrSi/c1-2-21-13-17-25(18-14-21)28(23-9-5-3-6-10-23,24-11-7-4-8-12-24)26-19-15-22(27)16-20-26/h1,3-20H. The first-order valence-corrected chi connectivity index (χ1v) is 12.0. The Hall–Kier alpha value is -2.86. The van der Waals surface area contributed by atoms with Gasteiger partial charge in [0.1, 0.15) is 0 Å². The minimum atomic E-state index is -2.45. The summed E-state index contributed by atoms with van der Waals surface area (Å²) in [5, 5.41) is 5.39. The fraction of sp³-hybridized carbons (Fsp3) is 0. The number of hydrogen-bond acceptors (Lipinski definition) is 0. The monoisotopic (exact) mass is 438 g/mol. The van der Waals surface area contributed by atoms with Crippen molar-refractivity contribution in [2.24, 2.45) is 0 Å². The van der Waals surface area contributed by atoms with Crippen LogP contribution in [0.1, 0.15) is 5.56 Å². The van der Waals surface area contributed by atoms with Crippen LogP contribution in [-0.2, 0) is 0 Å². The maximum atomic E-state index is 5.62. The van der Waals surface area contributed by atoms with E-state index in [2.05, 4.69) is 131 Å². The predicted octanol–water partition coefficient (Wildman–Crippen LogP) is 3.81. The van der Waals surface area contributed by atoms with Gasteiger partial charge in [0.05, 0.1) is 0 Å². The van der Waals surface area contributed by atoms with E-state index in [4.69, 9.17) is 6.42 Å². The lowest BCUT2D eigenvalue weighted by atomic mass is 10.2. The summed E-state index contributed by atoms with van der Waals surface area (Å²) in [6.07, 6.45) is 5.62. The third kappa shape index (κ3) is 3.24. The molecule has 0 aromatic heterocycles. The van der Waals surface area contributed by atoms with Gasteiger partial charge in [-0.1, -0.05) is 107 Å². The van der Waals surface area contributed by atoms with Crippen LogP contribution in [0.25, 0.3) is 0 Å². The normalized spacial score (nSPS) is 11.0. The van der Waals surface area contributed by atoms with Gasteiger partial charge >= 0.3 is 0 Å². The first kappa shape index (κ1) is 18.5. The number of halogens is 1. The highest BCUT2D eigenvalue weighted by Crippen LogP contribution is 2.13. The second-order valence-electron chi connectivity index (χ2n) is 6.71. The van der Waals surface area contributed by atoms with Crippen molar-refractivity contribution in [3.8, 4) is 12.3 Å². The Labute approximate surface area is 176 Å². The summed E-state index contributed by atoms with van der Waals surface area (Å²) in [7, 11) is -2.45. The van der Waals surface area contributed by atoms with Gasteiger partial charge in [0, 0.05) is 10.0 Å². The molecule has 28 heavy (non-hydrogen) atoms. The first-order chi connectivity index (χ1) is 13.7. The molecular weight excluding hydrogens is 420 g/mol. The number of rotatable bonds is 4. The summed E-state index contributed by atoms with van der Waals surface area (Å²) < 4.78 is 1.09. The SMILES string of the molecule is C#Cc1ccc([Si](c2ccccc2)(c2ccccc2)c2ccc(Br)cc2)cc1. The van der Waals surface area contributed by atoms with Crippen LogP contribution < -0.4 is 20.7 Å². The molecule has 0 saturated carbocycles. The first-order valence-electron chi connectivity index (χ1n) is 9.19. The molecule has 4 rings (SSSR count). The van der Waals surface area contributed by atoms with E-state index in [1.165, 1.54) is 20.7 Å². The zero-order chi connectivity index (χ0) is 19.4. The van der Waals surface area contributed by atoms with E-state index in [0.29, 0.717) is 0 Å². The van der Waals surface area contributed by atoms with Crippen LogP contribution in [0.3, 0.4) is 0 Å². The molecule has 0 aliphatic heterocycles. The molecule has 4 aromatic carbocycles. The summed E-state index contributed by atoms with van der Waals surface area (Å²) in [6.45, 7) is 0. The van der Waals surface area contributed by atoms with Crippen LogP contribution in [-0.4, -0.2) is 8.07 Å². The maximum Gasteiger partial charge on any atom is 0.179 e. The van der Waals surface area contributed by atoms with Gasteiger partial charge in [-0.05, 0) is 45.0 Å². The smallest absolute Gasteiger partial charge is 0.115 e. The van der Waals surface area contributed by atoms with Crippen molar-refractivity contribution in [1.82, 2.24) is 0 Å². The maximum absolute atomic E-state index is 5.62. The lowest BCUT2D eigenvalue weighted by Gasteiger charge is -2.34. The Bertz CT molecular complexity index is 1050. The molecule has 0 nitrogen and oxygen atoms in total. The van der Waals surface area contributed by atoms with E-state index < -0.39 is 8.07 Å². The highest BCUT2D eigenvalue weighted by molar-refractivity contribution is 9.10. The van der Waals surface area contributed by atoms with E-state index >= 15 is 0 Å². The molecule has 0 atom stereocenters. The summed E-state index contributed by atoms with van der Waals surface area (Å²) >= 11 is 3.59. The van der Waals surface area contributed by atoms with Gasteiger partial charge in [0.15, 0.2) is 8.07 Å². The van der Waals surface area contributed by atoms with Crippen LogP contribution in [0.4, 0.5) is 0 Å². The molecule has 0 unspecified atom stereocenters. The van der Waals surface area contributed by atoms with Crippen molar-refractivity contribution < 1.29 is 0 Å². The van der Waals surface area contributed by atoms with Crippen LogP contribution in [0.2, 0.25) is 0 Å². The minimum absolute atomic E-state index is 0.906. The molecule has 0 heterocycles. The summed E-state index contributed by atoms with van der Waals surface area (Å²) in [5.41, 5.74) is 0.906. The van der Waals surface area contributed by atoms with E-state index in [1.807, 2.05) is 0 Å². The molecule has 0 spiro atoms. The third-order valence-corrected chi connectivity index (χ3v) is 10.5. The molecule has 0 saturated heterocycles. The Morgan fingerprint density at radius 2 is 0.929 bits per heavy atom. The number of hydrogen-bond donors (Lipinski definition) is 0. The lowest BCUT2D eigenvalue weighted by Crippen LogP contribution is -2.74. The molecule has 0 radical (unpaired) electrons. The Kier molecular flexibility index (Phi) is 5.30. The fourth-order valence-electron chi connectivity index (χ4n) is 3.89. The predicted molar refractivity (Wildman–Crippen MR) is 126 cm³/mol. The molecule has 0 bridgehead atoms. The molecule has 0 fully saturated rings. The van der Waals surface area contributed by atoms with Gasteiger partial charge in [0.2, 0.25) is 0 Å². The average Bonchev–Trinajstić information content (AvgIpc) is 2.77. The quantitative estimate of drug-likeness (QED) is 0.258. The van der Waals surface area contributed by atoms with E-state index in [9.17, 15) is 0 Å². The number of terminal acetylenes is 1. The second-order valence-corrected chi connectivity index (χ2v) is 11.4. The van der Waals surface area contributed by atoms with Crippen LogP contribution in [0.5, 0.6) is 0 Å². The van der Waals surface area contributed by atoms with Crippen molar-refractivity contribution >= 4 is 44.8 Å². The summed E-state index contributed by atoms with van der Waals surface area (Å²) in [4.78, 5) is 0. The molecule has 0 aliphatic carbocycles. The molecule has 134 valence electrons. The van der Waals surface area contributed by atoms with E-state index in [0.717, 1.165) is 10.0 Å². The molecular formula is C26H19BrSi. The Morgan fingerprint density at radius 1 is 0.536 bits per heavy atom. The van der Waals surface area contributed by atoms with Crippen LogP contribution in [0, 0.1) is 12.3 Å². The van der Waals surface area contributed by atoms with Crippen molar-refractivity contribution in [3.63, 3.8) is 0 Å². The van der Waals surface area contributed by atoms with Crippen LogP contribution in [0.15, 0.2) is 114 Å². The van der Waals surface area contributed by atoms with Gasteiger partial charge in [-0.3, -0.25) is 0 Å².